The van der Waals surface area contributed by atoms with Crippen molar-refractivity contribution in [1.82, 2.24) is 0 Å². The molecule has 0 N–H and O–H groups in total. The molecule has 0 aromatic heterocycles. The first-order chi connectivity index (χ1) is 36.2. The van der Waals surface area contributed by atoms with Crippen LogP contribution in [0, 0.1) is 0 Å². The summed E-state index contributed by atoms with van der Waals surface area (Å²) in [6.45, 7) is 0. The Morgan fingerprint density at radius 3 is 1.60 bits per heavy atom. The van der Waals surface area contributed by atoms with Crippen molar-refractivity contribution in [2.75, 3.05) is 19.6 Å². The summed E-state index contributed by atoms with van der Waals surface area (Å²) in [5.41, 5.74) is 19.1. The van der Waals surface area contributed by atoms with E-state index in [1.54, 1.807) is 0 Å². The van der Waals surface area contributed by atoms with Gasteiger partial charge in [0.2, 0.25) is 0 Å². The highest BCUT2D eigenvalue weighted by atomic mass is 15.2. The van der Waals surface area contributed by atoms with E-state index < -0.39 is 0 Å². The van der Waals surface area contributed by atoms with Gasteiger partial charge in [-0.3, -0.25) is 0 Å². The molecule has 0 heterocycles. The van der Waals surface area contributed by atoms with Gasteiger partial charge in [0.1, 0.15) is 0 Å². The quantitative estimate of drug-likeness (QED) is 0.114. The third kappa shape index (κ3) is 9.44. The van der Waals surface area contributed by atoms with Crippen LogP contribution in [0.2, 0.25) is 0 Å². The van der Waals surface area contributed by atoms with Gasteiger partial charge in [-0.1, -0.05) is 152 Å². The molecule has 0 fully saturated rings. The SMILES string of the molecule is C1=CCCC(N(C2=CC=C(N(c3ccccc3)c3ccc(-c4ccc(N(C5=CCCC=C5)c5ccc(N(c6ccccc6)c6cccc7c6C=CCC7)cc5)cc4)cc3)CC=C2)c2cccc3ccccc23)=C1. The van der Waals surface area contributed by atoms with Crippen LogP contribution in [0.25, 0.3) is 28.0 Å². The van der Waals surface area contributed by atoms with Crippen LogP contribution >= 0.6 is 0 Å². The van der Waals surface area contributed by atoms with Crippen LogP contribution in [0.4, 0.5) is 45.5 Å². The first kappa shape index (κ1) is 45.3. The molecule has 12 rings (SSSR count). The zero-order valence-electron chi connectivity index (χ0n) is 41.1. The highest BCUT2D eigenvalue weighted by Gasteiger charge is 2.23. The molecule has 354 valence electrons. The summed E-state index contributed by atoms with van der Waals surface area (Å²) in [5, 5.41) is 2.49. The Morgan fingerprint density at radius 2 is 0.904 bits per heavy atom. The fraction of sp³-hybridized carbons (Fsp3) is 0.101. The highest BCUT2D eigenvalue weighted by Crippen LogP contribution is 2.43. The van der Waals surface area contributed by atoms with E-state index >= 15 is 0 Å². The van der Waals surface area contributed by atoms with Gasteiger partial charge in [0.15, 0.2) is 0 Å². The second-order valence-electron chi connectivity index (χ2n) is 19.0. The van der Waals surface area contributed by atoms with Crippen LogP contribution in [0.15, 0.2) is 284 Å². The molecule has 0 saturated heterocycles. The number of para-hydroxylation sites is 2. The molecule has 0 spiro atoms. The number of fused-ring (bicyclic) bond motifs is 2. The van der Waals surface area contributed by atoms with Crippen LogP contribution in [0.1, 0.15) is 49.7 Å². The molecule has 0 aliphatic heterocycles. The van der Waals surface area contributed by atoms with Crippen LogP contribution in [0.3, 0.4) is 0 Å². The van der Waals surface area contributed by atoms with E-state index in [1.165, 1.54) is 61.5 Å². The van der Waals surface area contributed by atoms with Crippen molar-refractivity contribution in [2.24, 2.45) is 0 Å². The van der Waals surface area contributed by atoms with Crippen LogP contribution in [0.5, 0.6) is 0 Å². The predicted octanol–water partition coefficient (Wildman–Crippen LogP) is 18.9. The van der Waals surface area contributed by atoms with Crippen molar-refractivity contribution in [2.45, 2.75) is 44.9 Å². The number of anilines is 8. The van der Waals surface area contributed by atoms with E-state index in [9.17, 15) is 0 Å². The molecule has 8 aromatic rings. The second kappa shape index (κ2) is 20.8. The fourth-order valence-electron chi connectivity index (χ4n) is 10.8. The highest BCUT2D eigenvalue weighted by molar-refractivity contribution is 5.96. The number of hydrogen-bond donors (Lipinski definition) is 0. The standard InChI is InChI=1S/C69H58N4/c1-5-24-56(25-6-1)70(60-32-19-33-61(47-46-60)72(58-28-9-3-10-29-58)68-36-17-22-54-20-13-15-34-66(54)68)62-42-38-52(39-43-62)53-40-44-63(45-41-53)71(57-26-7-2-8-27-57)64-48-50-65(51-49-64)73(59-30-11-4-12-31-59)69-37-18-23-55-21-14-16-35-67(55)69/h1,3-7,9,11-13,15-20,22-28,30-31,33-51H,2,8,10,14,21,29,32H2. The number of nitrogens with zero attached hydrogens (tertiary/aromatic N) is 4. The molecule has 0 unspecified atom stereocenters. The molecule has 4 heteroatoms. The van der Waals surface area contributed by atoms with Gasteiger partial charge >= 0.3 is 0 Å². The molecule has 0 radical (unpaired) electrons. The molecule has 0 amide bonds. The maximum absolute atomic E-state index is 2.46. The molecule has 4 aliphatic carbocycles. The van der Waals surface area contributed by atoms with E-state index in [0.29, 0.717) is 0 Å². The zero-order chi connectivity index (χ0) is 48.8. The summed E-state index contributed by atoms with van der Waals surface area (Å²) >= 11 is 0. The monoisotopic (exact) mass is 942 g/mol. The summed E-state index contributed by atoms with van der Waals surface area (Å²) < 4.78 is 0. The third-order valence-electron chi connectivity index (χ3n) is 14.4. The van der Waals surface area contributed by atoms with Gasteiger partial charge in [0, 0.05) is 74.3 Å². The summed E-state index contributed by atoms with van der Waals surface area (Å²) in [7, 11) is 0. The van der Waals surface area contributed by atoms with E-state index in [0.717, 1.165) is 84.8 Å². The normalized spacial score (nSPS) is 14.8. The van der Waals surface area contributed by atoms with Gasteiger partial charge < -0.3 is 19.6 Å². The lowest BCUT2D eigenvalue weighted by molar-refractivity contribution is 0.903. The predicted molar refractivity (Wildman–Crippen MR) is 310 cm³/mol. The van der Waals surface area contributed by atoms with E-state index in [1.807, 2.05) is 0 Å². The maximum atomic E-state index is 2.46. The van der Waals surface area contributed by atoms with E-state index in [4.69, 9.17) is 0 Å². The largest absolute Gasteiger partial charge is 0.314 e. The first-order valence-corrected chi connectivity index (χ1v) is 25.9. The number of allylic oxidation sites excluding steroid dienone is 12. The molecule has 4 aliphatic rings. The lowest BCUT2D eigenvalue weighted by atomic mass is 9.95. The van der Waals surface area contributed by atoms with Crippen molar-refractivity contribution in [3.63, 3.8) is 0 Å². The minimum absolute atomic E-state index is 0.781. The lowest BCUT2D eigenvalue weighted by Crippen LogP contribution is -2.22. The minimum Gasteiger partial charge on any atom is -0.314 e. The van der Waals surface area contributed by atoms with Crippen LogP contribution in [-0.4, -0.2) is 0 Å². The van der Waals surface area contributed by atoms with Gasteiger partial charge in [-0.05, 0) is 176 Å². The summed E-state index contributed by atoms with van der Waals surface area (Å²) in [4.78, 5) is 9.65. The Bertz CT molecular complexity index is 3510. The van der Waals surface area contributed by atoms with Crippen LogP contribution in [-0.2, 0) is 6.42 Å². The summed E-state index contributed by atoms with van der Waals surface area (Å²) in [6, 6.07) is 70.8. The maximum Gasteiger partial charge on any atom is 0.0536 e. The Balaban J connectivity index is 0.841. The van der Waals surface area contributed by atoms with Crippen molar-refractivity contribution >= 4 is 62.3 Å². The van der Waals surface area contributed by atoms with Crippen LogP contribution < -0.4 is 19.6 Å². The number of aryl methyl sites for hydroxylation is 1. The topological polar surface area (TPSA) is 13.0 Å². The molecule has 0 atom stereocenters. The molecule has 0 bridgehead atoms. The lowest BCUT2D eigenvalue weighted by Gasteiger charge is -2.31. The summed E-state index contributed by atoms with van der Waals surface area (Å²) in [6.07, 6.45) is 34.5. The molecule has 4 nitrogen and oxygen atoms in total. The van der Waals surface area contributed by atoms with Crippen molar-refractivity contribution in [3.8, 4) is 11.1 Å². The molecule has 73 heavy (non-hydrogen) atoms. The number of rotatable bonds is 13. The van der Waals surface area contributed by atoms with Crippen molar-refractivity contribution in [3.05, 3.63) is 295 Å². The average molecular weight is 943 g/mol. The van der Waals surface area contributed by atoms with E-state index in [2.05, 4.69) is 287 Å². The number of hydrogen-bond acceptors (Lipinski definition) is 4. The second-order valence-corrected chi connectivity index (χ2v) is 19.0. The van der Waals surface area contributed by atoms with Gasteiger partial charge in [0.05, 0.1) is 11.4 Å². The van der Waals surface area contributed by atoms with E-state index in [-0.39, 0.29) is 0 Å². The Hall–Kier alpha value is -8.86. The van der Waals surface area contributed by atoms with Crippen molar-refractivity contribution in [1.29, 1.82) is 0 Å². The molecule has 8 aromatic carbocycles. The zero-order valence-corrected chi connectivity index (χ0v) is 41.1. The smallest absolute Gasteiger partial charge is 0.0536 e. The Labute approximate surface area is 430 Å². The number of benzene rings is 8. The molecular formula is C69H58N4. The van der Waals surface area contributed by atoms with Gasteiger partial charge in [-0.2, -0.15) is 0 Å². The third-order valence-corrected chi connectivity index (χ3v) is 14.4. The van der Waals surface area contributed by atoms with Gasteiger partial charge in [-0.25, -0.2) is 0 Å². The van der Waals surface area contributed by atoms with Gasteiger partial charge in [-0.15, -0.1) is 0 Å². The molecular weight excluding hydrogens is 885 g/mol. The molecule has 0 saturated carbocycles. The average Bonchev–Trinajstić information content (AvgIpc) is 3.71. The van der Waals surface area contributed by atoms with Gasteiger partial charge in [0.25, 0.3) is 0 Å². The Morgan fingerprint density at radius 1 is 0.329 bits per heavy atom. The Kier molecular flexibility index (Phi) is 12.9. The summed E-state index contributed by atoms with van der Waals surface area (Å²) in [5.74, 6) is 0. The first-order valence-electron chi connectivity index (χ1n) is 25.9. The van der Waals surface area contributed by atoms with Crippen molar-refractivity contribution < 1.29 is 0 Å². The fourth-order valence-corrected chi connectivity index (χ4v) is 10.8. The minimum atomic E-state index is 0.781.